The molecule has 1 aromatic heterocycles. The fourth-order valence-corrected chi connectivity index (χ4v) is 2.09. The fourth-order valence-electron chi connectivity index (χ4n) is 1.36. The van der Waals surface area contributed by atoms with Crippen molar-refractivity contribution in [3.63, 3.8) is 0 Å². The summed E-state index contributed by atoms with van der Waals surface area (Å²) < 4.78 is 0.433. The van der Waals surface area contributed by atoms with E-state index in [1.165, 1.54) is 12.8 Å². The summed E-state index contributed by atoms with van der Waals surface area (Å²) in [5, 5.41) is 11.3. The molecule has 1 aliphatic rings. The summed E-state index contributed by atoms with van der Waals surface area (Å²) in [6, 6.07) is 0. The van der Waals surface area contributed by atoms with E-state index in [9.17, 15) is 0 Å². The zero-order chi connectivity index (χ0) is 10.9. The van der Waals surface area contributed by atoms with E-state index >= 15 is 0 Å². The van der Waals surface area contributed by atoms with Gasteiger partial charge in [-0.3, -0.25) is 0 Å². The van der Waals surface area contributed by atoms with E-state index in [0.717, 1.165) is 17.9 Å². The van der Waals surface area contributed by atoms with Crippen LogP contribution in [0.2, 0.25) is 0 Å². The standard InChI is InChI=1S/C10H16N4S/c1-7-8(2)13-14-9(12-7)11-6-10(15-3)4-5-10/h4-6H2,1-3H3,(H,11,12,14). The predicted molar refractivity (Wildman–Crippen MR) is 63.3 cm³/mol. The highest BCUT2D eigenvalue weighted by Gasteiger charge is 2.41. The Morgan fingerprint density at radius 2 is 2.00 bits per heavy atom. The van der Waals surface area contributed by atoms with E-state index in [2.05, 4.69) is 26.8 Å². The minimum Gasteiger partial charge on any atom is -0.352 e. The Morgan fingerprint density at radius 3 is 2.53 bits per heavy atom. The second-order valence-electron chi connectivity index (χ2n) is 4.05. The van der Waals surface area contributed by atoms with Gasteiger partial charge < -0.3 is 5.32 Å². The van der Waals surface area contributed by atoms with Crippen molar-refractivity contribution in [2.45, 2.75) is 31.4 Å². The minimum atomic E-state index is 0.433. The zero-order valence-corrected chi connectivity index (χ0v) is 10.2. The van der Waals surface area contributed by atoms with Crippen LogP contribution in [0.5, 0.6) is 0 Å². The van der Waals surface area contributed by atoms with E-state index in [1.54, 1.807) is 0 Å². The number of aromatic nitrogens is 3. The lowest BCUT2D eigenvalue weighted by Gasteiger charge is -2.12. The van der Waals surface area contributed by atoms with Crippen LogP contribution in [0.15, 0.2) is 0 Å². The summed E-state index contributed by atoms with van der Waals surface area (Å²) in [4.78, 5) is 4.34. The molecule has 82 valence electrons. The second kappa shape index (κ2) is 3.96. The van der Waals surface area contributed by atoms with Crippen LogP contribution >= 0.6 is 11.8 Å². The molecule has 0 aliphatic heterocycles. The molecule has 0 atom stereocenters. The quantitative estimate of drug-likeness (QED) is 0.845. The van der Waals surface area contributed by atoms with Crippen molar-refractivity contribution in [1.82, 2.24) is 15.2 Å². The van der Waals surface area contributed by atoms with E-state index in [0.29, 0.717) is 10.7 Å². The maximum atomic E-state index is 4.34. The summed E-state index contributed by atoms with van der Waals surface area (Å²) in [6.07, 6.45) is 4.74. The van der Waals surface area contributed by atoms with Gasteiger partial charge in [0, 0.05) is 11.3 Å². The van der Waals surface area contributed by atoms with Gasteiger partial charge in [0.15, 0.2) is 0 Å². The van der Waals surface area contributed by atoms with Gasteiger partial charge in [-0.15, -0.1) is 5.10 Å². The summed E-state index contributed by atoms with van der Waals surface area (Å²) in [5.74, 6) is 0.651. The van der Waals surface area contributed by atoms with Gasteiger partial charge in [0.2, 0.25) is 5.95 Å². The van der Waals surface area contributed by atoms with Crippen LogP contribution in [-0.2, 0) is 0 Å². The Bertz CT molecular complexity index is 362. The van der Waals surface area contributed by atoms with E-state index in [-0.39, 0.29) is 0 Å². The molecule has 4 nitrogen and oxygen atoms in total. The smallest absolute Gasteiger partial charge is 0.243 e. The van der Waals surface area contributed by atoms with Gasteiger partial charge in [-0.25, -0.2) is 4.98 Å². The molecule has 0 aromatic carbocycles. The van der Waals surface area contributed by atoms with Crippen molar-refractivity contribution in [2.24, 2.45) is 0 Å². The van der Waals surface area contributed by atoms with E-state index < -0.39 is 0 Å². The first-order valence-corrected chi connectivity index (χ1v) is 6.35. The van der Waals surface area contributed by atoms with Gasteiger partial charge in [0.25, 0.3) is 0 Å². The molecule has 5 heteroatoms. The molecule has 15 heavy (non-hydrogen) atoms. The Kier molecular flexibility index (Phi) is 2.82. The van der Waals surface area contributed by atoms with Crippen molar-refractivity contribution in [1.29, 1.82) is 0 Å². The molecular weight excluding hydrogens is 208 g/mol. The van der Waals surface area contributed by atoms with Crippen molar-refractivity contribution in [3.8, 4) is 0 Å². The molecule has 0 amide bonds. The van der Waals surface area contributed by atoms with Crippen molar-refractivity contribution in [2.75, 3.05) is 18.1 Å². The van der Waals surface area contributed by atoms with E-state index in [1.807, 2.05) is 25.6 Å². The van der Waals surface area contributed by atoms with Crippen LogP contribution in [0.1, 0.15) is 24.2 Å². The van der Waals surface area contributed by atoms with Crippen molar-refractivity contribution in [3.05, 3.63) is 11.4 Å². The van der Waals surface area contributed by atoms with Gasteiger partial charge in [-0.1, -0.05) is 0 Å². The summed E-state index contributed by atoms with van der Waals surface area (Å²) in [7, 11) is 0. The number of anilines is 1. The molecule has 2 rings (SSSR count). The topological polar surface area (TPSA) is 50.7 Å². The third-order valence-electron chi connectivity index (χ3n) is 2.90. The molecule has 1 fully saturated rings. The molecule has 0 radical (unpaired) electrons. The number of nitrogens with one attached hydrogen (secondary N) is 1. The number of rotatable bonds is 4. The van der Waals surface area contributed by atoms with Gasteiger partial charge in [0.1, 0.15) is 0 Å². The minimum absolute atomic E-state index is 0.433. The van der Waals surface area contributed by atoms with Crippen LogP contribution in [0.4, 0.5) is 5.95 Å². The average Bonchev–Trinajstić information content (AvgIpc) is 3.01. The van der Waals surface area contributed by atoms with Gasteiger partial charge in [-0.2, -0.15) is 16.9 Å². The highest BCUT2D eigenvalue weighted by molar-refractivity contribution is 8.00. The Hall–Kier alpha value is -0.840. The highest BCUT2D eigenvalue weighted by atomic mass is 32.2. The van der Waals surface area contributed by atoms with Crippen LogP contribution in [0.3, 0.4) is 0 Å². The number of hydrogen-bond donors (Lipinski definition) is 1. The number of thioether (sulfide) groups is 1. The maximum absolute atomic E-state index is 4.34. The SMILES string of the molecule is CSC1(CNc2nnc(C)c(C)n2)CC1. The Morgan fingerprint density at radius 1 is 1.27 bits per heavy atom. The van der Waals surface area contributed by atoms with Gasteiger partial charge >= 0.3 is 0 Å². The summed E-state index contributed by atoms with van der Waals surface area (Å²) >= 11 is 1.93. The lowest BCUT2D eigenvalue weighted by Crippen LogP contribution is -2.19. The lowest BCUT2D eigenvalue weighted by atomic mass is 10.4. The van der Waals surface area contributed by atoms with Crippen molar-refractivity contribution >= 4 is 17.7 Å². The van der Waals surface area contributed by atoms with Crippen LogP contribution in [0.25, 0.3) is 0 Å². The average molecular weight is 224 g/mol. The number of hydrogen-bond acceptors (Lipinski definition) is 5. The zero-order valence-electron chi connectivity index (χ0n) is 9.37. The Labute approximate surface area is 94.3 Å². The monoisotopic (exact) mass is 224 g/mol. The third kappa shape index (κ3) is 2.40. The summed E-state index contributed by atoms with van der Waals surface area (Å²) in [6.45, 7) is 4.82. The normalized spacial score (nSPS) is 17.5. The first-order valence-electron chi connectivity index (χ1n) is 5.12. The number of aryl methyl sites for hydroxylation is 2. The maximum Gasteiger partial charge on any atom is 0.243 e. The molecule has 1 N–H and O–H groups in total. The molecule has 1 aromatic rings. The molecule has 0 bridgehead atoms. The predicted octanol–water partition coefficient (Wildman–Crippen LogP) is 1.80. The lowest BCUT2D eigenvalue weighted by molar-refractivity contribution is 0.862. The van der Waals surface area contributed by atoms with Crippen LogP contribution in [0, 0.1) is 13.8 Å². The molecule has 1 heterocycles. The molecule has 0 saturated heterocycles. The molecular formula is C10H16N4S. The number of nitrogens with zero attached hydrogens (tertiary/aromatic N) is 3. The first-order chi connectivity index (χ1) is 7.15. The fraction of sp³-hybridized carbons (Fsp3) is 0.700. The van der Waals surface area contributed by atoms with Crippen LogP contribution in [-0.4, -0.2) is 32.7 Å². The third-order valence-corrected chi connectivity index (χ3v) is 4.32. The first kappa shape index (κ1) is 10.7. The molecule has 1 aliphatic carbocycles. The van der Waals surface area contributed by atoms with Crippen LogP contribution < -0.4 is 5.32 Å². The highest BCUT2D eigenvalue weighted by Crippen LogP contribution is 2.46. The molecule has 1 saturated carbocycles. The second-order valence-corrected chi connectivity index (χ2v) is 5.32. The molecule has 0 spiro atoms. The van der Waals surface area contributed by atoms with E-state index in [4.69, 9.17) is 0 Å². The largest absolute Gasteiger partial charge is 0.352 e. The summed E-state index contributed by atoms with van der Waals surface area (Å²) in [5.41, 5.74) is 1.84. The van der Waals surface area contributed by atoms with Gasteiger partial charge in [0.05, 0.1) is 11.4 Å². The Balaban J connectivity index is 1.96. The molecule has 0 unspecified atom stereocenters. The van der Waals surface area contributed by atoms with Crippen molar-refractivity contribution < 1.29 is 0 Å². The van der Waals surface area contributed by atoms with Gasteiger partial charge in [-0.05, 0) is 32.9 Å².